The van der Waals surface area contributed by atoms with Gasteiger partial charge in [0.15, 0.2) is 5.78 Å². The van der Waals surface area contributed by atoms with Gasteiger partial charge in [-0.25, -0.2) is 4.39 Å². The van der Waals surface area contributed by atoms with Crippen molar-refractivity contribution in [2.24, 2.45) is 0 Å². The number of hydrogen-bond acceptors (Lipinski definition) is 3. The second-order valence-corrected chi connectivity index (χ2v) is 5.27. The molecule has 0 radical (unpaired) electrons. The van der Waals surface area contributed by atoms with Crippen molar-refractivity contribution in [1.29, 1.82) is 5.26 Å². The van der Waals surface area contributed by atoms with Gasteiger partial charge in [0, 0.05) is 4.88 Å². The molecule has 1 atom stereocenters. The average molecular weight is 273 g/mol. The molecular formula is C15H12FNOS. The fourth-order valence-corrected chi connectivity index (χ4v) is 2.73. The molecule has 1 unspecified atom stereocenters. The van der Waals surface area contributed by atoms with E-state index in [1.54, 1.807) is 12.1 Å². The standard InChI is InChI=1S/C15H12FNOS/c1-2-12-6-7-14(19-12)15(18)13(9-17)10-4-3-5-11(16)8-10/h3-8,13H,2H2,1H3. The molecule has 19 heavy (non-hydrogen) atoms. The van der Waals surface area contributed by atoms with Crippen molar-refractivity contribution in [3.63, 3.8) is 0 Å². The Hall–Kier alpha value is -1.99. The van der Waals surface area contributed by atoms with Gasteiger partial charge in [0.2, 0.25) is 0 Å². The number of thiophene rings is 1. The summed E-state index contributed by atoms with van der Waals surface area (Å²) in [4.78, 5) is 13.9. The molecule has 0 amide bonds. The predicted molar refractivity (Wildman–Crippen MR) is 72.8 cm³/mol. The first kappa shape index (κ1) is 13.4. The fourth-order valence-electron chi connectivity index (χ4n) is 1.81. The summed E-state index contributed by atoms with van der Waals surface area (Å²) in [7, 11) is 0. The number of rotatable bonds is 4. The highest BCUT2D eigenvalue weighted by Gasteiger charge is 2.23. The number of aryl methyl sites for hydroxylation is 1. The van der Waals surface area contributed by atoms with Crippen LogP contribution in [0, 0.1) is 17.1 Å². The molecule has 0 aliphatic carbocycles. The van der Waals surface area contributed by atoms with Gasteiger partial charge in [-0.05, 0) is 36.2 Å². The van der Waals surface area contributed by atoms with E-state index in [-0.39, 0.29) is 5.78 Å². The maximum Gasteiger partial charge on any atom is 0.194 e. The highest BCUT2D eigenvalue weighted by molar-refractivity contribution is 7.14. The smallest absolute Gasteiger partial charge is 0.194 e. The summed E-state index contributed by atoms with van der Waals surface area (Å²) in [5.41, 5.74) is 0.402. The summed E-state index contributed by atoms with van der Waals surface area (Å²) in [5.74, 6) is -1.65. The zero-order valence-corrected chi connectivity index (χ0v) is 11.2. The third-order valence-corrected chi connectivity index (χ3v) is 4.07. The van der Waals surface area contributed by atoms with Gasteiger partial charge in [-0.3, -0.25) is 4.79 Å². The summed E-state index contributed by atoms with van der Waals surface area (Å²) in [6, 6.07) is 11.2. The number of ketones is 1. The Balaban J connectivity index is 2.32. The van der Waals surface area contributed by atoms with E-state index in [2.05, 4.69) is 0 Å². The minimum Gasteiger partial charge on any atom is -0.291 e. The van der Waals surface area contributed by atoms with Gasteiger partial charge < -0.3 is 0 Å². The molecule has 0 fully saturated rings. The molecule has 4 heteroatoms. The molecule has 1 aromatic heterocycles. The number of hydrogen-bond donors (Lipinski definition) is 0. The SMILES string of the molecule is CCc1ccc(C(=O)C(C#N)c2cccc(F)c2)s1. The van der Waals surface area contributed by atoms with Gasteiger partial charge in [0.05, 0.1) is 10.9 Å². The zero-order chi connectivity index (χ0) is 13.8. The highest BCUT2D eigenvalue weighted by atomic mass is 32.1. The van der Waals surface area contributed by atoms with Crippen LogP contribution in [0.25, 0.3) is 0 Å². The first-order chi connectivity index (χ1) is 9.15. The molecule has 0 aliphatic rings. The van der Waals surface area contributed by atoms with Crippen LogP contribution in [0.5, 0.6) is 0 Å². The molecule has 0 bridgehead atoms. The topological polar surface area (TPSA) is 40.9 Å². The molecule has 0 saturated carbocycles. The average Bonchev–Trinajstić information content (AvgIpc) is 2.88. The number of carbonyl (C=O) groups excluding carboxylic acids is 1. The number of nitrogens with zero attached hydrogens (tertiary/aromatic N) is 1. The number of Topliss-reactive ketones (excluding diaryl/α,β-unsaturated/α-hetero) is 1. The molecule has 2 rings (SSSR count). The maximum atomic E-state index is 13.2. The van der Waals surface area contributed by atoms with Crippen molar-refractivity contribution in [3.05, 3.63) is 57.5 Å². The molecule has 0 aliphatic heterocycles. The quantitative estimate of drug-likeness (QED) is 0.792. The van der Waals surface area contributed by atoms with Crippen LogP contribution in [0.1, 0.15) is 33.0 Å². The van der Waals surface area contributed by atoms with E-state index in [0.29, 0.717) is 10.4 Å². The van der Waals surface area contributed by atoms with Crippen molar-refractivity contribution in [1.82, 2.24) is 0 Å². The van der Waals surface area contributed by atoms with Crippen LogP contribution >= 0.6 is 11.3 Å². The number of benzene rings is 1. The molecule has 1 aromatic carbocycles. The summed E-state index contributed by atoms with van der Waals surface area (Å²) in [5, 5.41) is 9.18. The molecule has 0 N–H and O–H groups in total. The van der Waals surface area contributed by atoms with Crippen LogP contribution in [0.4, 0.5) is 4.39 Å². The molecular weight excluding hydrogens is 261 g/mol. The molecule has 0 saturated heterocycles. The van der Waals surface area contributed by atoms with E-state index >= 15 is 0 Å². The van der Waals surface area contributed by atoms with Gasteiger partial charge in [0.1, 0.15) is 11.7 Å². The van der Waals surface area contributed by atoms with E-state index in [1.165, 1.54) is 29.5 Å². The van der Waals surface area contributed by atoms with Crippen molar-refractivity contribution in [2.75, 3.05) is 0 Å². The Morgan fingerprint density at radius 1 is 1.42 bits per heavy atom. The van der Waals surface area contributed by atoms with Gasteiger partial charge in [-0.15, -0.1) is 11.3 Å². The van der Waals surface area contributed by atoms with E-state index < -0.39 is 11.7 Å². The molecule has 0 spiro atoms. The monoisotopic (exact) mass is 273 g/mol. The van der Waals surface area contributed by atoms with Crippen LogP contribution in [-0.4, -0.2) is 5.78 Å². The third-order valence-electron chi connectivity index (χ3n) is 2.83. The van der Waals surface area contributed by atoms with E-state index in [4.69, 9.17) is 0 Å². The van der Waals surface area contributed by atoms with Gasteiger partial charge >= 0.3 is 0 Å². The predicted octanol–water partition coefficient (Wildman–Crippen LogP) is 3.94. The molecule has 1 heterocycles. The van der Waals surface area contributed by atoms with Gasteiger partial charge in [-0.1, -0.05) is 19.1 Å². The lowest BCUT2D eigenvalue weighted by molar-refractivity contribution is 0.0983. The third kappa shape index (κ3) is 2.88. The van der Waals surface area contributed by atoms with Crippen LogP contribution in [-0.2, 0) is 6.42 Å². The van der Waals surface area contributed by atoms with Crippen molar-refractivity contribution >= 4 is 17.1 Å². The van der Waals surface area contributed by atoms with Crippen LogP contribution in [0.15, 0.2) is 36.4 Å². The van der Waals surface area contributed by atoms with E-state index in [0.717, 1.165) is 11.3 Å². The number of nitriles is 1. The van der Waals surface area contributed by atoms with Crippen molar-refractivity contribution in [3.8, 4) is 6.07 Å². The minimum atomic E-state index is -0.945. The summed E-state index contributed by atoms with van der Waals surface area (Å²) < 4.78 is 13.2. The van der Waals surface area contributed by atoms with Crippen LogP contribution in [0.2, 0.25) is 0 Å². The van der Waals surface area contributed by atoms with Crippen LogP contribution < -0.4 is 0 Å². The highest BCUT2D eigenvalue weighted by Crippen LogP contribution is 2.25. The van der Waals surface area contributed by atoms with Gasteiger partial charge in [-0.2, -0.15) is 5.26 Å². The number of halogens is 1. The first-order valence-corrected chi connectivity index (χ1v) is 6.75. The zero-order valence-electron chi connectivity index (χ0n) is 10.4. The summed E-state index contributed by atoms with van der Waals surface area (Å²) in [6.45, 7) is 2.01. The molecule has 2 nitrogen and oxygen atoms in total. The van der Waals surface area contributed by atoms with E-state index in [1.807, 2.05) is 19.1 Å². The lowest BCUT2D eigenvalue weighted by Gasteiger charge is -2.07. The van der Waals surface area contributed by atoms with Crippen molar-refractivity contribution < 1.29 is 9.18 Å². The fraction of sp³-hybridized carbons (Fsp3) is 0.200. The molecule has 96 valence electrons. The summed E-state index contributed by atoms with van der Waals surface area (Å²) in [6.07, 6.45) is 0.856. The largest absolute Gasteiger partial charge is 0.291 e. The van der Waals surface area contributed by atoms with Crippen molar-refractivity contribution in [2.45, 2.75) is 19.3 Å². The lowest BCUT2D eigenvalue weighted by atomic mass is 9.95. The minimum absolute atomic E-state index is 0.266. The molecule has 2 aromatic rings. The first-order valence-electron chi connectivity index (χ1n) is 5.93. The summed E-state index contributed by atoms with van der Waals surface area (Å²) >= 11 is 1.39. The Labute approximate surface area is 115 Å². The second kappa shape index (κ2) is 5.77. The van der Waals surface area contributed by atoms with Gasteiger partial charge in [0.25, 0.3) is 0 Å². The lowest BCUT2D eigenvalue weighted by Crippen LogP contribution is -2.10. The van der Waals surface area contributed by atoms with E-state index in [9.17, 15) is 14.4 Å². The van der Waals surface area contributed by atoms with Crippen LogP contribution in [0.3, 0.4) is 0 Å². The number of carbonyl (C=O) groups is 1. The Kier molecular flexibility index (Phi) is 4.08. The Morgan fingerprint density at radius 3 is 2.79 bits per heavy atom. The normalized spacial score (nSPS) is 11.8. The Morgan fingerprint density at radius 2 is 2.21 bits per heavy atom. The maximum absolute atomic E-state index is 13.2. The Bertz CT molecular complexity index is 642. The second-order valence-electron chi connectivity index (χ2n) is 4.10.